The molecular formula is C23H33FN6O3. The molecule has 2 bridgehead atoms. The van der Waals surface area contributed by atoms with Crippen molar-refractivity contribution in [3.63, 3.8) is 0 Å². The molecule has 9 nitrogen and oxygen atoms in total. The van der Waals surface area contributed by atoms with Gasteiger partial charge in [-0.15, -0.1) is 0 Å². The normalized spacial score (nSPS) is 28.9. The number of aliphatic hydroxyl groups is 1. The summed E-state index contributed by atoms with van der Waals surface area (Å²) in [4.78, 5) is 23.1. The zero-order valence-corrected chi connectivity index (χ0v) is 19.9. The third kappa shape index (κ3) is 4.80. The van der Waals surface area contributed by atoms with Gasteiger partial charge in [-0.1, -0.05) is 6.92 Å². The number of halogens is 1. The van der Waals surface area contributed by atoms with Gasteiger partial charge in [-0.05, 0) is 64.2 Å². The second-order valence-corrected chi connectivity index (χ2v) is 9.90. The Labute approximate surface area is 193 Å². The van der Waals surface area contributed by atoms with Gasteiger partial charge in [0.1, 0.15) is 0 Å². The Morgan fingerprint density at radius 3 is 2.82 bits per heavy atom. The van der Waals surface area contributed by atoms with Crippen LogP contribution in [0, 0.1) is 30.5 Å². The highest BCUT2D eigenvalue weighted by molar-refractivity contribution is 5.89. The van der Waals surface area contributed by atoms with Gasteiger partial charge in [0.25, 0.3) is 0 Å². The summed E-state index contributed by atoms with van der Waals surface area (Å²) in [6.45, 7) is 7.69. The van der Waals surface area contributed by atoms with Crippen LogP contribution in [0.4, 0.5) is 22.0 Å². The van der Waals surface area contributed by atoms with Crippen molar-refractivity contribution in [2.24, 2.45) is 17.8 Å². The van der Waals surface area contributed by atoms with Gasteiger partial charge in [-0.2, -0.15) is 10.1 Å². The van der Waals surface area contributed by atoms with E-state index in [-0.39, 0.29) is 30.3 Å². The average molecular weight is 461 g/mol. The van der Waals surface area contributed by atoms with Crippen LogP contribution in [0.2, 0.25) is 0 Å². The Morgan fingerprint density at radius 1 is 1.39 bits per heavy atom. The van der Waals surface area contributed by atoms with E-state index in [4.69, 9.17) is 4.74 Å². The van der Waals surface area contributed by atoms with Crippen LogP contribution < -0.4 is 10.2 Å². The van der Waals surface area contributed by atoms with Gasteiger partial charge in [0.05, 0.1) is 12.2 Å². The van der Waals surface area contributed by atoms with Gasteiger partial charge in [0, 0.05) is 24.8 Å². The van der Waals surface area contributed by atoms with Crippen molar-refractivity contribution in [2.45, 2.75) is 65.0 Å². The predicted octanol–water partition coefficient (Wildman–Crippen LogP) is 3.58. The molecule has 3 N–H and O–H groups in total. The fourth-order valence-electron chi connectivity index (χ4n) is 5.88. The highest BCUT2D eigenvalue weighted by Gasteiger charge is 2.46. The highest BCUT2D eigenvalue weighted by Crippen LogP contribution is 2.48. The summed E-state index contributed by atoms with van der Waals surface area (Å²) in [6, 6.07) is 1.76. The second kappa shape index (κ2) is 8.89. The summed E-state index contributed by atoms with van der Waals surface area (Å²) in [5, 5.41) is 20.5. The molecule has 33 heavy (non-hydrogen) atoms. The van der Waals surface area contributed by atoms with E-state index in [1.165, 1.54) is 0 Å². The second-order valence-electron chi connectivity index (χ2n) is 9.90. The van der Waals surface area contributed by atoms with Gasteiger partial charge in [-0.25, -0.2) is 14.2 Å². The van der Waals surface area contributed by atoms with Crippen LogP contribution in [0.25, 0.3) is 0 Å². The Hall–Kier alpha value is -2.75. The minimum Gasteiger partial charge on any atom is -0.461 e. The van der Waals surface area contributed by atoms with Crippen molar-refractivity contribution >= 4 is 23.6 Å². The Bertz CT molecular complexity index is 1020. The molecule has 10 heteroatoms. The number of nitrogens with one attached hydrogen (secondary N) is 2. The third-order valence-electron chi connectivity index (χ3n) is 6.86. The van der Waals surface area contributed by atoms with E-state index >= 15 is 4.39 Å². The summed E-state index contributed by atoms with van der Waals surface area (Å²) in [6.07, 6.45) is 3.53. The van der Waals surface area contributed by atoms with E-state index in [2.05, 4.69) is 32.4 Å². The molecular weight excluding hydrogens is 427 g/mol. The average Bonchev–Trinajstić information content (AvgIpc) is 3.12. The molecule has 0 radical (unpaired) electrons. The number of H-pyrrole nitrogens is 1. The number of aromatic amines is 1. The number of ether oxygens (including phenoxy) is 1. The topological polar surface area (TPSA) is 116 Å². The predicted molar refractivity (Wildman–Crippen MR) is 122 cm³/mol. The molecule has 2 aromatic heterocycles. The number of carbonyl (C=O) groups excluding carboxylic acids is 1. The number of esters is 1. The van der Waals surface area contributed by atoms with Crippen molar-refractivity contribution in [2.75, 3.05) is 23.9 Å². The first-order valence-corrected chi connectivity index (χ1v) is 11.6. The van der Waals surface area contributed by atoms with E-state index in [1.54, 1.807) is 13.0 Å². The lowest BCUT2D eigenvalue weighted by Crippen LogP contribution is -2.53. The minimum atomic E-state index is -0.886. The van der Waals surface area contributed by atoms with Crippen LogP contribution in [0.1, 0.15) is 62.6 Å². The summed E-state index contributed by atoms with van der Waals surface area (Å²) in [5.41, 5.74) is -0.317. The van der Waals surface area contributed by atoms with Crippen molar-refractivity contribution in [3.05, 3.63) is 23.3 Å². The molecule has 2 aliphatic rings. The lowest BCUT2D eigenvalue weighted by atomic mass is 9.61. The van der Waals surface area contributed by atoms with Crippen molar-refractivity contribution in [1.29, 1.82) is 0 Å². The standard InChI is InChI=1S/C23H33FN6O3/c1-6-33-21(31)18-17(24)20(25-16-8-13(3)28-29-16)27-22(26-18)30(5)19-12(2)7-14-9-15(19)11-23(4,32)10-14/h8,12,14-15,19,32H,6-7,9-11H2,1-5H3,(H2,25,26,27,28,29). The van der Waals surface area contributed by atoms with Gasteiger partial charge in [0.2, 0.25) is 5.95 Å². The number of rotatable bonds is 6. The van der Waals surface area contributed by atoms with Crippen molar-refractivity contribution in [1.82, 2.24) is 20.2 Å². The molecule has 2 aliphatic carbocycles. The number of anilines is 3. The molecule has 180 valence electrons. The fraction of sp³-hybridized carbons (Fsp3) is 0.652. The summed E-state index contributed by atoms with van der Waals surface area (Å²) < 4.78 is 20.3. The van der Waals surface area contributed by atoms with E-state index in [1.807, 2.05) is 25.8 Å². The number of hydrogen-bond donors (Lipinski definition) is 3. The number of carbonyl (C=O) groups is 1. The molecule has 2 aromatic rings. The zero-order valence-electron chi connectivity index (χ0n) is 19.9. The summed E-state index contributed by atoms with van der Waals surface area (Å²) >= 11 is 0. The quantitative estimate of drug-likeness (QED) is 0.560. The van der Waals surface area contributed by atoms with Crippen LogP contribution in [0.5, 0.6) is 0 Å². The highest BCUT2D eigenvalue weighted by atomic mass is 19.1. The first-order chi connectivity index (χ1) is 15.6. The first-order valence-electron chi connectivity index (χ1n) is 11.6. The van der Waals surface area contributed by atoms with Crippen LogP contribution >= 0.6 is 0 Å². The number of aromatic nitrogens is 4. The first kappa shape index (κ1) is 23.4. The third-order valence-corrected chi connectivity index (χ3v) is 6.86. The van der Waals surface area contributed by atoms with Crippen LogP contribution in [0.15, 0.2) is 6.07 Å². The Balaban J connectivity index is 1.71. The van der Waals surface area contributed by atoms with Crippen LogP contribution in [-0.4, -0.2) is 56.5 Å². The SMILES string of the molecule is CCOC(=O)c1nc(N(C)C2C(C)CC3CC2CC(C)(O)C3)nc(Nc2cc(C)[nH]n2)c1F. The molecule has 5 atom stereocenters. The zero-order chi connectivity index (χ0) is 23.9. The van der Waals surface area contributed by atoms with E-state index in [0.29, 0.717) is 24.1 Å². The number of nitrogens with zero attached hydrogens (tertiary/aromatic N) is 4. The molecule has 0 spiro atoms. The molecule has 2 saturated carbocycles. The Morgan fingerprint density at radius 2 is 2.15 bits per heavy atom. The summed E-state index contributed by atoms with van der Waals surface area (Å²) in [7, 11) is 1.87. The van der Waals surface area contributed by atoms with Gasteiger partial charge < -0.3 is 20.1 Å². The maximum absolute atomic E-state index is 15.2. The molecule has 2 heterocycles. The molecule has 0 saturated heterocycles. The van der Waals surface area contributed by atoms with E-state index in [9.17, 15) is 9.90 Å². The minimum absolute atomic E-state index is 0.0500. The lowest BCUT2D eigenvalue weighted by Gasteiger charge is -2.51. The molecule has 0 aliphatic heterocycles. The number of hydrogen-bond acceptors (Lipinski definition) is 8. The number of fused-ring (bicyclic) bond motifs is 2. The largest absolute Gasteiger partial charge is 0.461 e. The van der Waals surface area contributed by atoms with E-state index in [0.717, 1.165) is 25.0 Å². The van der Waals surface area contributed by atoms with Gasteiger partial charge in [0.15, 0.2) is 23.1 Å². The van der Waals surface area contributed by atoms with Crippen molar-refractivity contribution < 1.29 is 19.0 Å². The Kier molecular flexibility index (Phi) is 6.30. The maximum Gasteiger partial charge on any atom is 0.360 e. The summed E-state index contributed by atoms with van der Waals surface area (Å²) in [5.74, 6) is -0.187. The molecule has 2 fully saturated rings. The molecule has 0 amide bonds. The molecule has 0 aromatic carbocycles. The smallest absolute Gasteiger partial charge is 0.360 e. The molecule has 5 unspecified atom stereocenters. The molecule has 4 rings (SSSR count). The monoisotopic (exact) mass is 460 g/mol. The van der Waals surface area contributed by atoms with E-state index < -0.39 is 23.1 Å². The van der Waals surface area contributed by atoms with Gasteiger partial charge in [-0.3, -0.25) is 5.10 Å². The van der Waals surface area contributed by atoms with Crippen molar-refractivity contribution in [3.8, 4) is 0 Å². The van der Waals surface area contributed by atoms with Crippen LogP contribution in [-0.2, 0) is 4.74 Å². The maximum atomic E-state index is 15.2. The fourth-order valence-corrected chi connectivity index (χ4v) is 5.88. The van der Waals surface area contributed by atoms with Gasteiger partial charge >= 0.3 is 5.97 Å². The number of aryl methyl sites for hydroxylation is 1. The lowest BCUT2D eigenvalue weighted by molar-refractivity contribution is -0.0534. The van der Waals surface area contributed by atoms with Crippen LogP contribution in [0.3, 0.4) is 0 Å².